The summed E-state index contributed by atoms with van der Waals surface area (Å²) in [5.74, 6) is 1.45. The van der Waals surface area contributed by atoms with Gasteiger partial charge in [0.1, 0.15) is 11.5 Å². The number of rotatable bonds is 5. The van der Waals surface area contributed by atoms with Gasteiger partial charge in [0.15, 0.2) is 0 Å². The Morgan fingerprint density at radius 2 is 1.55 bits per heavy atom. The van der Waals surface area contributed by atoms with Crippen LogP contribution < -0.4 is 9.64 Å². The Labute approximate surface area is 173 Å². The molecule has 0 atom stereocenters. The number of anilines is 1. The van der Waals surface area contributed by atoms with E-state index in [2.05, 4.69) is 53.7 Å². The minimum atomic E-state index is -0.324. The van der Waals surface area contributed by atoms with Crippen molar-refractivity contribution in [1.29, 1.82) is 0 Å². The van der Waals surface area contributed by atoms with Gasteiger partial charge < -0.3 is 4.74 Å². The molecular weight excluding hydrogens is 362 g/mol. The van der Waals surface area contributed by atoms with E-state index in [0.29, 0.717) is 17.4 Å². The molecule has 29 heavy (non-hydrogen) atoms. The summed E-state index contributed by atoms with van der Waals surface area (Å²) in [7, 11) is 0. The maximum absolute atomic E-state index is 11.8. The van der Waals surface area contributed by atoms with Crippen molar-refractivity contribution in [2.45, 2.75) is 53.4 Å². The van der Waals surface area contributed by atoms with E-state index in [1.807, 2.05) is 0 Å². The third kappa shape index (κ3) is 4.58. The van der Waals surface area contributed by atoms with E-state index in [1.165, 1.54) is 23.3 Å². The Morgan fingerprint density at radius 1 is 0.966 bits per heavy atom. The molecule has 4 heteroatoms. The van der Waals surface area contributed by atoms with Crippen LogP contribution >= 0.6 is 0 Å². The van der Waals surface area contributed by atoms with Gasteiger partial charge in [0, 0.05) is 17.7 Å². The summed E-state index contributed by atoms with van der Waals surface area (Å²) in [4.78, 5) is 24.8. The number of carbonyl (C=O) groups excluding carboxylic acids is 2. The van der Waals surface area contributed by atoms with Gasteiger partial charge in [-0.1, -0.05) is 40.7 Å². The summed E-state index contributed by atoms with van der Waals surface area (Å²) >= 11 is 0. The van der Waals surface area contributed by atoms with Gasteiger partial charge >= 0.3 is 0 Å². The van der Waals surface area contributed by atoms with Crippen LogP contribution in [0, 0.1) is 12.8 Å². The molecule has 0 radical (unpaired) electrons. The Bertz CT molecular complexity index is 945. The van der Waals surface area contributed by atoms with E-state index in [4.69, 9.17) is 4.74 Å². The summed E-state index contributed by atoms with van der Waals surface area (Å²) in [6.07, 6.45) is 3.60. The van der Waals surface area contributed by atoms with Crippen molar-refractivity contribution in [2.75, 3.05) is 4.90 Å². The minimum absolute atomic E-state index is 0.0608. The molecule has 0 N–H and O–H groups in total. The predicted molar refractivity (Wildman–Crippen MR) is 117 cm³/mol. The molecule has 0 saturated carbocycles. The molecule has 0 unspecified atom stereocenters. The molecule has 0 spiro atoms. The Balaban J connectivity index is 1.90. The van der Waals surface area contributed by atoms with Gasteiger partial charge in [0.25, 0.3) is 11.8 Å². The Morgan fingerprint density at radius 3 is 2.07 bits per heavy atom. The zero-order valence-electron chi connectivity index (χ0n) is 18.1. The first-order chi connectivity index (χ1) is 13.6. The highest BCUT2D eigenvalue weighted by molar-refractivity contribution is 6.28. The summed E-state index contributed by atoms with van der Waals surface area (Å²) in [6.45, 7) is 13.1. The summed E-state index contributed by atoms with van der Waals surface area (Å²) < 4.78 is 6.24. The van der Waals surface area contributed by atoms with Crippen molar-refractivity contribution in [3.63, 3.8) is 0 Å². The lowest BCUT2D eigenvalue weighted by Crippen LogP contribution is -2.29. The molecular formula is C25H29NO3. The van der Waals surface area contributed by atoms with Crippen LogP contribution in [0.2, 0.25) is 0 Å². The third-order valence-electron chi connectivity index (χ3n) is 5.01. The van der Waals surface area contributed by atoms with E-state index >= 15 is 0 Å². The second-order valence-electron chi connectivity index (χ2n) is 9.06. The van der Waals surface area contributed by atoms with E-state index in [9.17, 15) is 9.59 Å². The fourth-order valence-electron chi connectivity index (χ4n) is 3.50. The molecule has 2 aromatic rings. The second-order valence-corrected chi connectivity index (χ2v) is 9.06. The first-order valence-corrected chi connectivity index (χ1v) is 10.0. The number of carbonyl (C=O) groups is 2. The zero-order chi connectivity index (χ0) is 21.3. The number of ether oxygens (including phenoxy) is 1. The highest BCUT2D eigenvalue weighted by Gasteiger charge is 2.25. The molecule has 152 valence electrons. The van der Waals surface area contributed by atoms with Gasteiger partial charge in [0.2, 0.25) is 0 Å². The van der Waals surface area contributed by atoms with Crippen LogP contribution in [0.4, 0.5) is 5.69 Å². The maximum atomic E-state index is 11.8. The van der Waals surface area contributed by atoms with Crippen LogP contribution in [0.15, 0.2) is 48.6 Å². The third-order valence-corrected chi connectivity index (χ3v) is 5.01. The van der Waals surface area contributed by atoms with Crippen molar-refractivity contribution in [3.8, 4) is 11.5 Å². The first-order valence-electron chi connectivity index (χ1n) is 10.0. The van der Waals surface area contributed by atoms with Gasteiger partial charge in [-0.15, -0.1) is 0 Å². The standard InChI is InChI=1S/C25H29NO3/c1-16(2)13-18-15-21(25(4,5)6)22(14-17(18)3)29-20-9-7-19(8-10-20)26-23(27)11-12-24(26)28/h7-12,14-16H,13H2,1-6H3. The average molecular weight is 392 g/mol. The SMILES string of the molecule is Cc1cc(Oc2ccc(N3C(=O)C=CC3=O)cc2)c(C(C)(C)C)cc1CC(C)C. The molecule has 0 saturated heterocycles. The maximum Gasteiger partial charge on any atom is 0.258 e. The molecule has 0 aliphatic carbocycles. The fraction of sp³-hybridized carbons (Fsp3) is 0.360. The lowest BCUT2D eigenvalue weighted by atomic mass is 9.83. The Kier molecular flexibility index (Phi) is 5.65. The second kappa shape index (κ2) is 7.86. The summed E-state index contributed by atoms with van der Waals surface area (Å²) in [5.41, 5.74) is 4.21. The van der Waals surface area contributed by atoms with Crippen LogP contribution in [-0.4, -0.2) is 11.8 Å². The van der Waals surface area contributed by atoms with Crippen molar-refractivity contribution < 1.29 is 14.3 Å². The number of nitrogens with zero attached hydrogens (tertiary/aromatic N) is 1. The van der Waals surface area contributed by atoms with Crippen LogP contribution in [0.3, 0.4) is 0 Å². The number of benzene rings is 2. The largest absolute Gasteiger partial charge is 0.457 e. The minimum Gasteiger partial charge on any atom is -0.457 e. The molecule has 4 nitrogen and oxygen atoms in total. The van der Waals surface area contributed by atoms with Gasteiger partial charge in [0.05, 0.1) is 5.69 Å². The smallest absolute Gasteiger partial charge is 0.258 e. The van der Waals surface area contributed by atoms with Crippen molar-refractivity contribution in [1.82, 2.24) is 0 Å². The molecule has 1 aliphatic heterocycles. The molecule has 2 amide bonds. The normalized spacial score (nSPS) is 14.2. The number of imide groups is 1. The van der Waals surface area contributed by atoms with E-state index in [0.717, 1.165) is 22.6 Å². The number of hydrogen-bond acceptors (Lipinski definition) is 3. The van der Waals surface area contributed by atoms with Gasteiger partial charge in [-0.05, 0) is 66.1 Å². The fourth-order valence-corrected chi connectivity index (χ4v) is 3.50. The molecule has 0 bridgehead atoms. The van der Waals surface area contributed by atoms with Crippen molar-refractivity contribution in [3.05, 3.63) is 65.2 Å². The number of hydrogen-bond donors (Lipinski definition) is 0. The highest BCUT2D eigenvalue weighted by atomic mass is 16.5. The molecule has 3 rings (SSSR count). The first kappa shape index (κ1) is 20.8. The predicted octanol–water partition coefficient (Wildman–Crippen LogP) is 5.71. The highest BCUT2D eigenvalue weighted by Crippen LogP contribution is 2.37. The van der Waals surface area contributed by atoms with Gasteiger partial charge in [-0.2, -0.15) is 0 Å². The molecule has 2 aromatic carbocycles. The van der Waals surface area contributed by atoms with Crippen LogP contribution in [-0.2, 0) is 21.4 Å². The monoisotopic (exact) mass is 391 g/mol. The topological polar surface area (TPSA) is 46.6 Å². The molecule has 0 aromatic heterocycles. The lowest BCUT2D eigenvalue weighted by Gasteiger charge is -2.25. The molecule has 0 fully saturated rings. The van der Waals surface area contributed by atoms with Crippen LogP contribution in [0.25, 0.3) is 0 Å². The summed E-state index contributed by atoms with van der Waals surface area (Å²) in [5, 5.41) is 0. The summed E-state index contributed by atoms with van der Waals surface area (Å²) in [6, 6.07) is 11.4. The molecule has 1 heterocycles. The van der Waals surface area contributed by atoms with E-state index in [-0.39, 0.29) is 17.2 Å². The van der Waals surface area contributed by atoms with E-state index < -0.39 is 0 Å². The van der Waals surface area contributed by atoms with Gasteiger partial charge in [-0.3, -0.25) is 9.59 Å². The van der Waals surface area contributed by atoms with E-state index in [1.54, 1.807) is 24.3 Å². The van der Waals surface area contributed by atoms with Crippen LogP contribution in [0.5, 0.6) is 11.5 Å². The zero-order valence-corrected chi connectivity index (χ0v) is 18.1. The van der Waals surface area contributed by atoms with Crippen molar-refractivity contribution >= 4 is 17.5 Å². The van der Waals surface area contributed by atoms with Gasteiger partial charge in [-0.25, -0.2) is 4.90 Å². The quantitative estimate of drug-likeness (QED) is 0.613. The average Bonchev–Trinajstić information content (AvgIpc) is 2.95. The number of aryl methyl sites for hydroxylation is 1. The van der Waals surface area contributed by atoms with Crippen molar-refractivity contribution in [2.24, 2.45) is 5.92 Å². The number of amides is 2. The molecule has 1 aliphatic rings. The van der Waals surface area contributed by atoms with Crippen LogP contribution in [0.1, 0.15) is 51.3 Å². The Hall–Kier alpha value is -2.88. The lowest BCUT2D eigenvalue weighted by molar-refractivity contribution is -0.119.